The van der Waals surface area contributed by atoms with Crippen molar-refractivity contribution in [1.82, 2.24) is 10.6 Å². The lowest BCUT2D eigenvalue weighted by molar-refractivity contribution is -0.146. The van der Waals surface area contributed by atoms with Gasteiger partial charge in [-0.05, 0) is 17.0 Å². The summed E-state index contributed by atoms with van der Waals surface area (Å²) in [4.78, 5) is 25.2. The highest BCUT2D eigenvalue weighted by atomic mass is 16.5. The van der Waals surface area contributed by atoms with Gasteiger partial charge in [0.15, 0.2) is 0 Å². The number of rotatable bonds is 9. The SMILES string of the molecule is CC[C@H](C)[C@H](NC(=O)[C@@H](NCc1ccccc1)c1ccccc1)C(=O)OC. The molecule has 0 saturated heterocycles. The number of carbonyl (C=O) groups excluding carboxylic acids is 2. The average molecular weight is 368 g/mol. The maximum Gasteiger partial charge on any atom is 0.328 e. The minimum absolute atomic E-state index is 0.0213. The van der Waals surface area contributed by atoms with Crippen molar-refractivity contribution in [2.24, 2.45) is 5.92 Å². The fourth-order valence-corrected chi connectivity index (χ4v) is 2.86. The first-order valence-electron chi connectivity index (χ1n) is 9.27. The normalized spacial score (nSPS) is 14.0. The first-order valence-corrected chi connectivity index (χ1v) is 9.27. The Morgan fingerprint density at radius 3 is 2.15 bits per heavy atom. The number of hydrogen-bond donors (Lipinski definition) is 2. The standard InChI is InChI=1S/C22H28N2O3/c1-4-16(2)19(22(26)27-3)24-21(25)20(18-13-9-6-10-14-18)23-15-17-11-7-5-8-12-17/h5-14,16,19-20,23H,4,15H2,1-3H3,(H,24,25)/t16-,19-,20-/m0/s1. The summed E-state index contributed by atoms with van der Waals surface area (Å²) >= 11 is 0. The zero-order valence-corrected chi connectivity index (χ0v) is 16.1. The Morgan fingerprint density at radius 2 is 1.59 bits per heavy atom. The molecule has 3 atom stereocenters. The van der Waals surface area contributed by atoms with Gasteiger partial charge < -0.3 is 10.1 Å². The lowest BCUT2D eigenvalue weighted by atomic mass is 9.98. The number of methoxy groups -OCH3 is 1. The van der Waals surface area contributed by atoms with Crippen LogP contribution in [0.1, 0.15) is 37.4 Å². The van der Waals surface area contributed by atoms with Gasteiger partial charge in [-0.2, -0.15) is 0 Å². The predicted octanol–water partition coefficient (Wildman–Crippen LogP) is 3.22. The van der Waals surface area contributed by atoms with E-state index in [0.717, 1.165) is 17.5 Å². The Bertz CT molecular complexity index is 719. The van der Waals surface area contributed by atoms with Gasteiger partial charge in [0.05, 0.1) is 7.11 Å². The molecule has 2 aromatic carbocycles. The van der Waals surface area contributed by atoms with E-state index in [4.69, 9.17) is 4.74 Å². The van der Waals surface area contributed by atoms with E-state index < -0.39 is 18.1 Å². The van der Waals surface area contributed by atoms with E-state index in [-0.39, 0.29) is 11.8 Å². The fourth-order valence-electron chi connectivity index (χ4n) is 2.86. The summed E-state index contributed by atoms with van der Waals surface area (Å²) in [6.45, 7) is 4.45. The molecular weight excluding hydrogens is 340 g/mol. The molecular formula is C22H28N2O3. The summed E-state index contributed by atoms with van der Waals surface area (Å²) in [5, 5.41) is 6.18. The highest BCUT2D eigenvalue weighted by Crippen LogP contribution is 2.16. The summed E-state index contributed by atoms with van der Waals surface area (Å²) < 4.78 is 4.88. The molecule has 5 nitrogen and oxygen atoms in total. The molecule has 0 aliphatic rings. The molecule has 1 amide bonds. The minimum Gasteiger partial charge on any atom is -0.467 e. The molecule has 2 aromatic rings. The highest BCUT2D eigenvalue weighted by Gasteiger charge is 2.30. The molecule has 2 rings (SSSR count). The van der Waals surface area contributed by atoms with Crippen molar-refractivity contribution in [2.75, 3.05) is 7.11 Å². The molecule has 0 aliphatic carbocycles. The minimum atomic E-state index is -0.669. The van der Waals surface area contributed by atoms with Crippen LogP contribution in [0.3, 0.4) is 0 Å². The van der Waals surface area contributed by atoms with Crippen molar-refractivity contribution in [3.05, 3.63) is 71.8 Å². The topological polar surface area (TPSA) is 67.4 Å². The van der Waals surface area contributed by atoms with Gasteiger partial charge in [0, 0.05) is 6.54 Å². The number of nitrogens with one attached hydrogen (secondary N) is 2. The van der Waals surface area contributed by atoms with E-state index in [9.17, 15) is 9.59 Å². The van der Waals surface area contributed by atoms with Gasteiger partial charge >= 0.3 is 5.97 Å². The highest BCUT2D eigenvalue weighted by molar-refractivity contribution is 5.88. The molecule has 0 saturated carbocycles. The van der Waals surface area contributed by atoms with E-state index in [2.05, 4.69) is 10.6 Å². The van der Waals surface area contributed by atoms with Gasteiger partial charge in [-0.3, -0.25) is 10.1 Å². The fraction of sp³-hybridized carbons (Fsp3) is 0.364. The van der Waals surface area contributed by atoms with E-state index >= 15 is 0 Å². The number of hydrogen-bond acceptors (Lipinski definition) is 4. The Kier molecular flexibility index (Phi) is 8.01. The van der Waals surface area contributed by atoms with Crippen LogP contribution in [0, 0.1) is 5.92 Å². The third-order valence-corrected chi connectivity index (χ3v) is 4.71. The van der Waals surface area contributed by atoms with E-state index in [1.54, 1.807) is 0 Å². The molecule has 5 heteroatoms. The van der Waals surface area contributed by atoms with Crippen LogP contribution in [-0.2, 0) is 20.9 Å². The molecule has 0 spiro atoms. The lowest BCUT2D eigenvalue weighted by Crippen LogP contribution is -2.49. The van der Waals surface area contributed by atoms with Gasteiger partial charge in [-0.15, -0.1) is 0 Å². The van der Waals surface area contributed by atoms with Crippen LogP contribution in [-0.4, -0.2) is 25.0 Å². The summed E-state index contributed by atoms with van der Waals surface area (Å²) in [5.74, 6) is -0.688. The van der Waals surface area contributed by atoms with E-state index in [1.165, 1.54) is 7.11 Å². The van der Waals surface area contributed by atoms with Crippen LogP contribution in [0.4, 0.5) is 0 Å². The third-order valence-electron chi connectivity index (χ3n) is 4.71. The molecule has 0 heterocycles. The first-order chi connectivity index (χ1) is 13.1. The maximum atomic E-state index is 13.0. The van der Waals surface area contributed by atoms with Crippen LogP contribution in [0.2, 0.25) is 0 Å². The van der Waals surface area contributed by atoms with Gasteiger partial charge in [0.1, 0.15) is 12.1 Å². The lowest BCUT2D eigenvalue weighted by Gasteiger charge is -2.25. The number of amides is 1. The molecule has 0 bridgehead atoms. The summed E-state index contributed by atoms with van der Waals surface area (Å²) in [6, 6.07) is 18.2. The Hall–Kier alpha value is -2.66. The predicted molar refractivity (Wildman–Crippen MR) is 106 cm³/mol. The van der Waals surface area contributed by atoms with Crippen molar-refractivity contribution in [2.45, 2.75) is 38.9 Å². The first kappa shape index (κ1) is 20.6. The van der Waals surface area contributed by atoms with Crippen molar-refractivity contribution in [3.63, 3.8) is 0 Å². The van der Waals surface area contributed by atoms with E-state index in [1.807, 2.05) is 74.5 Å². The smallest absolute Gasteiger partial charge is 0.328 e. The van der Waals surface area contributed by atoms with Gasteiger partial charge in [-0.25, -0.2) is 4.79 Å². The molecule has 0 unspecified atom stereocenters. The summed E-state index contributed by atoms with van der Waals surface area (Å²) in [7, 11) is 1.34. The zero-order chi connectivity index (χ0) is 19.6. The summed E-state index contributed by atoms with van der Waals surface area (Å²) in [5.41, 5.74) is 1.93. The second-order valence-corrected chi connectivity index (χ2v) is 6.61. The number of benzene rings is 2. The Balaban J connectivity index is 2.18. The molecule has 27 heavy (non-hydrogen) atoms. The molecule has 0 aliphatic heterocycles. The Morgan fingerprint density at radius 1 is 1.00 bits per heavy atom. The third kappa shape index (κ3) is 5.93. The van der Waals surface area contributed by atoms with Crippen molar-refractivity contribution in [1.29, 1.82) is 0 Å². The van der Waals surface area contributed by atoms with E-state index in [0.29, 0.717) is 6.54 Å². The van der Waals surface area contributed by atoms with Crippen LogP contribution in [0.15, 0.2) is 60.7 Å². The molecule has 0 radical (unpaired) electrons. The van der Waals surface area contributed by atoms with Crippen LogP contribution >= 0.6 is 0 Å². The number of esters is 1. The van der Waals surface area contributed by atoms with Gasteiger partial charge in [0.2, 0.25) is 5.91 Å². The molecule has 0 fully saturated rings. The number of ether oxygens (including phenoxy) is 1. The monoisotopic (exact) mass is 368 g/mol. The Labute approximate surface area is 161 Å². The number of carbonyl (C=O) groups is 2. The van der Waals surface area contributed by atoms with Crippen molar-refractivity contribution >= 4 is 11.9 Å². The summed E-state index contributed by atoms with van der Waals surface area (Å²) in [6.07, 6.45) is 0.757. The van der Waals surface area contributed by atoms with Crippen LogP contribution in [0.5, 0.6) is 0 Å². The quantitative estimate of drug-likeness (QED) is 0.667. The van der Waals surface area contributed by atoms with Gasteiger partial charge in [-0.1, -0.05) is 80.9 Å². The largest absolute Gasteiger partial charge is 0.467 e. The molecule has 2 N–H and O–H groups in total. The molecule has 0 aromatic heterocycles. The van der Waals surface area contributed by atoms with Crippen LogP contribution in [0.25, 0.3) is 0 Å². The molecule has 144 valence electrons. The second-order valence-electron chi connectivity index (χ2n) is 6.61. The van der Waals surface area contributed by atoms with Gasteiger partial charge in [0.25, 0.3) is 0 Å². The van der Waals surface area contributed by atoms with Crippen molar-refractivity contribution < 1.29 is 14.3 Å². The van der Waals surface area contributed by atoms with Crippen molar-refractivity contribution in [3.8, 4) is 0 Å². The second kappa shape index (κ2) is 10.5. The zero-order valence-electron chi connectivity index (χ0n) is 16.1. The maximum absolute atomic E-state index is 13.0. The average Bonchev–Trinajstić information content (AvgIpc) is 2.72. The van der Waals surface area contributed by atoms with Crippen LogP contribution < -0.4 is 10.6 Å².